The Morgan fingerprint density at radius 2 is 2.11 bits per heavy atom. The molecule has 0 spiro atoms. The van der Waals surface area contributed by atoms with Gasteiger partial charge in [-0.25, -0.2) is 18.7 Å². The molecule has 8 heteroatoms. The smallest absolute Gasteiger partial charge is 0.248 e. The first-order valence-corrected chi connectivity index (χ1v) is 10.0. The number of fused-ring (bicyclic) bond motifs is 2. The summed E-state index contributed by atoms with van der Waals surface area (Å²) in [5, 5.41) is 16.7. The third kappa shape index (κ3) is 2.97. The summed E-state index contributed by atoms with van der Waals surface area (Å²) < 4.78 is 28.1. The van der Waals surface area contributed by atoms with E-state index in [0.29, 0.717) is 10.5 Å². The molecule has 0 saturated heterocycles. The van der Waals surface area contributed by atoms with E-state index in [-0.39, 0.29) is 18.8 Å². The van der Waals surface area contributed by atoms with Crippen molar-refractivity contribution >= 4 is 32.6 Å². The van der Waals surface area contributed by atoms with Gasteiger partial charge in [0.2, 0.25) is 5.92 Å². The average Bonchev–Trinajstić information content (AvgIpc) is 3.27. The third-order valence-corrected chi connectivity index (χ3v) is 6.40. The average molecular weight is 400 g/mol. The number of alkyl halides is 2. The van der Waals surface area contributed by atoms with Gasteiger partial charge in [-0.05, 0) is 31.2 Å². The van der Waals surface area contributed by atoms with E-state index in [1.165, 1.54) is 11.3 Å². The molecule has 1 aliphatic carbocycles. The van der Waals surface area contributed by atoms with Crippen molar-refractivity contribution in [1.82, 2.24) is 19.7 Å². The number of rotatable bonds is 4. The Balaban J connectivity index is 1.46. The summed E-state index contributed by atoms with van der Waals surface area (Å²) in [5.41, 5.74) is 2.37. The molecular weight excluding hydrogens is 382 g/mol. The molecule has 0 aliphatic heterocycles. The molecule has 144 valence electrons. The first kappa shape index (κ1) is 17.6. The highest BCUT2D eigenvalue weighted by molar-refractivity contribution is 7.18. The Kier molecular flexibility index (Phi) is 3.96. The van der Waals surface area contributed by atoms with Crippen molar-refractivity contribution in [3.05, 3.63) is 41.5 Å². The van der Waals surface area contributed by atoms with Gasteiger partial charge in [0.05, 0.1) is 11.8 Å². The molecular formula is C20H18F2N4OS. The second-order valence-electron chi connectivity index (χ2n) is 7.33. The van der Waals surface area contributed by atoms with Gasteiger partial charge in [0.25, 0.3) is 0 Å². The Labute approximate surface area is 163 Å². The number of pyridine rings is 2. The third-order valence-electron chi connectivity index (χ3n) is 5.29. The highest BCUT2D eigenvalue weighted by Gasteiger charge is 2.48. The van der Waals surface area contributed by atoms with Crippen molar-refractivity contribution < 1.29 is 13.9 Å². The number of halogens is 2. The molecule has 1 saturated carbocycles. The molecule has 1 N–H and O–H groups in total. The van der Waals surface area contributed by atoms with Crippen molar-refractivity contribution in [2.45, 2.75) is 38.3 Å². The van der Waals surface area contributed by atoms with Gasteiger partial charge in [0, 0.05) is 58.9 Å². The molecule has 0 bridgehead atoms. The lowest BCUT2D eigenvalue weighted by molar-refractivity contribution is -0.141. The summed E-state index contributed by atoms with van der Waals surface area (Å²) in [4.78, 5) is 10.6. The second-order valence-corrected chi connectivity index (χ2v) is 8.39. The van der Waals surface area contributed by atoms with Gasteiger partial charge >= 0.3 is 0 Å². The summed E-state index contributed by atoms with van der Waals surface area (Å²) >= 11 is 1.36. The maximum atomic E-state index is 13.1. The second kappa shape index (κ2) is 6.28. The van der Waals surface area contributed by atoms with Crippen LogP contribution in [0.25, 0.3) is 32.5 Å². The van der Waals surface area contributed by atoms with Crippen LogP contribution in [-0.2, 0) is 6.54 Å². The molecule has 4 heterocycles. The molecule has 28 heavy (non-hydrogen) atoms. The number of aryl methyl sites for hydroxylation is 1. The molecule has 4 aromatic rings. The molecule has 5 rings (SSSR count). The van der Waals surface area contributed by atoms with E-state index in [4.69, 9.17) is 4.98 Å². The normalized spacial score (nSPS) is 17.9. The summed E-state index contributed by atoms with van der Waals surface area (Å²) in [5.74, 6) is -3.02. The van der Waals surface area contributed by atoms with Gasteiger partial charge in [-0.2, -0.15) is 5.10 Å². The van der Waals surface area contributed by atoms with Crippen LogP contribution in [0, 0.1) is 5.92 Å². The summed E-state index contributed by atoms with van der Waals surface area (Å²) in [6.45, 7) is 2.80. The fraction of sp³-hybridized carbons (Fsp3) is 0.350. The largest absolute Gasteiger partial charge is 0.387 e. The lowest BCUT2D eigenvalue weighted by Crippen LogP contribution is -2.38. The zero-order valence-electron chi connectivity index (χ0n) is 15.1. The predicted octanol–water partition coefficient (Wildman–Crippen LogP) is 4.81. The van der Waals surface area contributed by atoms with Gasteiger partial charge in [-0.15, -0.1) is 11.3 Å². The van der Waals surface area contributed by atoms with Gasteiger partial charge in [-0.3, -0.25) is 4.68 Å². The maximum Gasteiger partial charge on any atom is 0.248 e. The summed E-state index contributed by atoms with van der Waals surface area (Å²) in [7, 11) is 0. The number of aliphatic hydroxyl groups excluding tert-OH is 1. The Morgan fingerprint density at radius 3 is 2.86 bits per heavy atom. The fourth-order valence-electron chi connectivity index (χ4n) is 3.67. The van der Waals surface area contributed by atoms with Crippen LogP contribution >= 0.6 is 11.3 Å². The summed E-state index contributed by atoms with van der Waals surface area (Å²) in [6, 6.07) is 7.72. The van der Waals surface area contributed by atoms with Crippen LogP contribution in [0.1, 0.15) is 30.7 Å². The van der Waals surface area contributed by atoms with E-state index in [1.54, 1.807) is 6.20 Å². The van der Waals surface area contributed by atoms with Crippen LogP contribution < -0.4 is 0 Å². The standard InChI is InChI=1S/C20H18F2N4OS/c1-2-26-10-13-5-12(9-23-18(13)25-26)15-4-3-11-6-16(28-19(11)24-15)17(27)14-7-20(21,22)8-14/h3-6,9-10,14,17,27H,2,7-8H2,1H3/t17-/m1/s1. The first-order chi connectivity index (χ1) is 13.4. The van der Waals surface area contributed by atoms with Crippen LogP contribution in [0.4, 0.5) is 8.78 Å². The van der Waals surface area contributed by atoms with Crippen molar-refractivity contribution in [3.63, 3.8) is 0 Å². The van der Waals surface area contributed by atoms with E-state index in [9.17, 15) is 13.9 Å². The van der Waals surface area contributed by atoms with Crippen molar-refractivity contribution in [3.8, 4) is 11.3 Å². The minimum absolute atomic E-state index is 0.252. The van der Waals surface area contributed by atoms with Gasteiger partial charge in [0.1, 0.15) is 4.83 Å². The maximum absolute atomic E-state index is 13.1. The highest BCUT2D eigenvalue weighted by Crippen LogP contribution is 2.49. The van der Waals surface area contributed by atoms with E-state index < -0.39 is 12.0 Å². The Morgan fingerprint density at radius 1 is 1.29 bits per heavy atom. The quantitative estimate of drug-likeness (QED) is 0.534. The Hall–Kier alpha value is -2.45. The van der Waals surface area contributed by atoms with E-state index in [2.05, 4.69) is 10.1 Å². The minimum Gasteiger partial charge on any atom is -0.387 e. The van der Waals surface area contributed by atoms with E-state index in [0.717, 1.165) is 33.4 Å². The van der Waals surface area contributed by atoms with Crippen molar-refractivity contribution in [2.24, 2.45) is 5.92 Å². The van der Waals surface area contributed by atoms with Gasteiger partial charge in [0.15, 0.2) is 5.65 Å². The summed E-state index contributed by atoms with van der Waals surface area (Å²) in [6.07, 6.45) is 2.35. The number of nitrogens with zero attached hydrogens (tertiary/aromatic N) is 4. The topological polar surface area (TPSA) is 63.8 Å². The molecule has 5 nitrogen and oxygen atoms in total. The SMILES string of the molecule is CCn1cc2cc(-c3ccc4cc([C@H](O)C5CC(F)(F)C5)sc4n3)cnc2n1. The molecule has 1 fully saturated rings. The molecule has 0 radical (unpaired) electrons. The predicted molar refractivity (Wildman–Crippen MR) is 104 cm³/mol. The fourth-order valence-corrected chi connectivity index (χ4v) is 4.78. The number of aliphatic hydroxyl groups is 1. The molecule has 4 aromatic heterocycles. The van der Waals surface area contributed by atoms with Crippen LogP contribution in [0.2, 0.25) is 0 Å². The van der Waals surface area contributed by atoms with Crippen LogP contribution in [0.3, 0.4) is 0 Å². The highest BCUT2D eigenvalue weighted by atomic mass is 32.1. The van der Waals surface area contributed by atoms with E-state index >= 15 is 0 Å². The number of hydrogen-bond acceptors (Lipinski definition) is 5. The lowest BCUT2D eigenvalue weighted by Gasteiger charge is -2.37. The molecule has 0 unspecified atom stereocenters. The van der Waals surface area contributed by atoms with Crippen molar-refractivity contribution in [2.75, 3.05) is 0 Å². The number of hydrogen-bond donors (Lipinski definition) is 1. The molecule has 1 aliphatic rings. The van der Waals surface area contributed by atoms with E-state index in [1.807, 2.05) is 42.1 Å². The van der Waals surface area contributed by atoms with Crippen LogP contribution in [0.5, 0.6) is 0 Å². The van der Waals surface area contributed by atoms with Crippen molar-refractivity contribution in [1.29, 1.82) is 0 Å². The Bertz CT molecular complexity index is 1180. The minimum atomic E-state index is -2.63. The monoisotopic (exact) mass is 400 g/mol. The lowest BCUT2D eigenvalue weighted by atomic mass is 9.77. The van der Waals surface area contributed by atoms with Gasteiger partial charge in [-0.1, -0.05) is 0 Å². The number of aromatic nitrogens is 4. The zero-order chi connectivity index (χ0) is 19.5. The number of thiophene rings is 1. The first-order valence-electron chi connectivity index (χ1n) is 9.22. The van der Waals surface area contributed by atoms with Gasteiger partial charge < -0.3 is 5.11 Å². The molecule has 1 atom stereocenters. The van der Waals surface area contributed by atoms with Crippen LogP contribution in [0.15, 0.2) is 36.7 Å². The zero-order valence-corrected chi connectivity index (χ0v) is 16.0. The molecule has 0 amide bonds. The molecule has 0 aromatic carbocycles. The van der Waals surface area contributed by atoms with Crippen LogP contribution in [-0.4, -0.2) is 30.8 Å².